The van der Waals surface area contributed by atoms with E-state index in [0.29, 0.717) is 0 Å². The third kappa shape index (κ3) is 44.9. The van der Waals surface area contributed by atoms with E-state index < -0.39 is 5.91 Å². The van der Waals surface area contributed by atoms with Gasteiger partial charge in [-0.15, -0.1) is 0 Å². The van der Waals surface area contributed by atoms with Crippen molar-refractivity contribution in [1.82, 2.24) is 0 Å². The Morgan fingerprint density at radius 2 is 1.12 bits per heavy atom. The van der Waals surface area contributed by atoms with Crippen LogP contribution in [0.5, 0.6) is 0 Å². The van der Waals surface area contributed by atoms with Crippen LogP contribution in [0.1, 0.15) is 79.1 Å². The van der Waals surface area contributed by atoms with Gasteiger partial charge >= 0.3 is 0 Å². The van der Waals surface area contributed by atoms with Crippen LogP contribution in [0.3, 0.4) is 0 Å². The molecule has 0 aromatic carbocycles. The number of amides is 1. The highest BCUT2D eigenvalue weighted by Gasteiger charge is 1.83. The SMILES string of the molecule is C=CC(N)=O.CCCCCC=CC(C)=O.CCCCCC=CC(C)=O. The number of rotatable bonds is 11. The molecule has 0 atom stereocenters. The number of carbonyl (C=O) groups excluding carboxylic acids is 3. The Kier molecular flexibility index (Phi) is 27.1. The van der Waals surface area contributed by atoms with Gasteiger partial charge in [0.15, 0.2) is 11.6 Å². The summed E-state index contributed by atoms with van der Waals surface area (Å²) < 4.78 is 0. The molecule has 0 saturated carbocycles. The van der Waals surface area contributed by atoms with Gasteiger partial charge in [0, 0.05) is 0 Å². The monoisotopic (exact) mass is 351 g/mol. The predicted octanol–water partition coefficient (Wildman–Crippen LogP) is 5.08. The van der Waals surface area contributed by atoms with Gasteiger partial charge in [-0.1, -0.05) is 58.3 Å². The summed E-state index contributed by atoms with van der Waals surface area (Å²) in [6.07, 6.45) is 17.8. The molecule has 0 bridgehead atoms. The van der Waals surface area contributed by atoms with Crippen LogP contribution in [0.2, 0.25) is 0 Å². The van der Waals surface area contributed by atoms with Gasteiger partial charge < -0.3 is 5.73 Å². The first-order chi connectivity index (χ1) is 11.8. The molecule has 1 amide bonds. The lowest BCUT2D eigenvalue weighted by molar-refractivity contribution is -0.114. The standard InChI is InChI=1S/2C9H16O.C3H5NO/c2*1-3-4-5-6-7-8-9(2)10;1-2-3(4)5/h2*7-8H,3-6H2,1-2H3;2H,1H2,(H2,4,5). The summed E-state index contributed by atoms with van der Waals surface area (Å²) in [7, 11) is 0. The number of nitrogens with two attached hydrogens (primary N) is 1. The lowest BCUT2D eigenvalue weighted by atomic mass is 10.2. The van der Waals surface area contributed by atoms with E-state index in [2.05, 4.69) is 26.2 Å². The molecule has 0 saturated heterocycles. The molecule has 25 heavy (non-hydrogen) atoms. The van der Waals surface area contributed by atoms with Crippen LogP contribution in [-0.2, 0) is 14.4 Å². The molecular formula is C21H37NO3. The number of allylic oxidation sites excluding steroid dienone is 4. The molecular weight excluding hydrogens is 314 g/mol. The van der Waals surface area contributed by atoms with Gasteiger partial charge in [-0.2, -0.15) is 0 Å². The van der Waals surface area contributed by atoms with E-state index in [9.17, 15) is 14.4 Å². The van der Waals surface area contributed by atoms with E-state index in [1.807, 2.05) is 12.2 Å². The summed E-state index contributed by atoms with van der Waals surface area (Å²) in [4.78, 5) is 30.3. The topological polar surface area (TPSA) is 77.2 Å². The van der Waals surface area contributed by atoms with Crippen molar-refractivity contribution < 1.29 is 14.4 Å². The molecule has 2 N–H and O–H groups in total. The van der Waals surface area contributed by atoms with Crippen molar-refractivity contribution in [1.29, 1.82) is 0 Å². The van der Waals surface area contributed by atoms with Gasteiger partial charge in [-0.3, -0.25) is 14.4 Å². The van der Waals surface area contributed by atoms with Crippen molar-refractivity contribution in [3.63, 3.8) is 0 Å². The highest BCUT2D eigenvalue weighted by molar-refractivity contribution is 5.87. The fourth-order valence-corrected chi connectivity index (χ4v) is 1.52. The van der Waals surface area contributed by atoms with Crippen LogP contribution in [0, 0.1) is 0 Å². The molecule has 0 aromatic heterocycles. The minimum absolute atomic E-state index is 0.150. The number of primary amides is 1. The number of ketones is 2. The zero-order valence-corrected chi connectivity index (χ0v) is 16.6. The molecule has 0 aliphatic heterocycles. The second-order valence-electron chi connectivity index (χ2n) is 5.62. The Hall–Kier alpha value is -1.97. The van der Waals surface area contributed by atoms with Crippen molar-refractivity contribution in [3.05, 3.63) is 37.0 Å². The first kappa shape index (κ1) is 27.9. The van der Waals surface area contributed by atoms with Crippen LogP contribution in [0.4, 0.5) is 0 Å². The minimum Gasteiger partial charge on any atom is -0.366 e. The molecule has 0 rings (SSSR count). The Bertz CT molecular complexity index is 379. The Morgan fingerprint density at radius 1 is 0.800 bits per heavy atom. The van der Waals surface area contributed by atoms with Gasteiger partial charge in [0.1, 0.15) is 0 Å². The molecule has 0 spiro atoms. The smallest absolute Gasteiger partial charge is 0.240 e. The number of carbonyl (C=O) groups is 3. The van der Waals surface area contributed by atoms with Crippen molar-refractivity contribution in [2.45, 2.75) is 79.1 Å². The van der Waals surface area contributed by atoms with Gasteiger partial charge in [0.2, 0.25) is 5.91 Å². The number of hydrogen-bond donors (Lipinski definition) is 1. The van der Waals surface area contributed by atoms with Crippen LogP contribution < -0.4 is 5.73 Å². The number of unbranched alkanes of at least 4 members (excludes halogenated alkanes) is 6. The number of hydrogen-bond acceptors (Lipinski definition) is 3. The van der Waals surface area contributed by atoms with Gasteiger partial charge in [0.05, 0.1) is 0 Å². The van der Waals surface area contributed by atoms with Crippen molar-refractivity contribution in [3.8, 4) is 0 Å². The van der Waals surface area contributed by atoms with Crippen molar-refractivity contribution in [2.75, 3.05) is 0 Å². The van der Waals surface area contributed by atoms with E-state index in [-0.39, 0.29) is 11.6 Å². The molecule has 4 heteroatoms. The van der Waals surface area contributed by atoms with Gasteiger partial charge in [-0.05, 0) is 57.8 Å². The first-order valence-corrected chi connectivity index (χ1v) is 9.07. The van der Waals surface area contributed by atoms with E-state index in [1.54, 1.807) is 26.0 Å². The lowest BCUT2D eigenvalue weighted by Crippen LogP contribution is -2.04. The molecule has 0 aliphatic carbocycles. The summed E-state index contributed by atoms with van der Waals surface area (Å²) in [5.74, 6) is -0.182. The summed E-state index contributed by atoms with van der Waals surface area (Å²) in [5.41, 5.74) is 4.53. The quantitative estimate of drug-likeness (QED) is 0.416. The molecule has 0 fully saturated rings. The highest BCUT2D eigenvalue weighted by Crippen LogP contribution is 1.99. The lowest BCUT2D eigenvalue weighted by Gasteiger charge is -1.89. The zero-order chi connectivity index (χ0) is 19.9. The Labute approximate surface area is 154 Å². The zero-order valence-electron chi connectivity index (χ0n) is 16.6. The molecule has 0 heterocycles. The van der Waals surface area contributed by atoms with E-state index in [1.165, 1.54) is 38.5 Å². The average Bonchev–Trinajstić information content (AvgIpc) is 2.55. The Morgan fingerprint density at radius 3 is 1.32 bits per heavy atom. The molecule has 0 aliphatic rings. The maximum absolute atomic E-state index is 10.4. The van der Waals surface area contributed by atoms with Gasteiger partial charge in [0.25, 0.3) is 0 Å². The van der Waals surface area contributed by atoms with E-state index >= 15 is 0 Å². The second-order valence-corrected chi connectivity index (χ2v) is 5.62. The largest absolute Gasteiger partial charge is 0.366 e. The molecule has 0 radical (unpaired) electrons. The summed E-state index contributed by atoms with van der Waals surface area (Å²) >= 11 is 0. The highest BCUT2D eigenvalue weighted by atomic mass is 16.1. The summed E-state index contributed by atoms with van der Waals surface area (Å²) in [6, 6.07) is 0. The van der Waals surface area contributed by atoms with Crippen molar-refractivity contribution >= 4 is 17.5 Å². The maximum Gasteiger partial charge on any atom is 0.240 e. The fraction of sp³-hybridized carbons (Fsp3) is 0.571. The Balaban J connectivity index is -0.000000308. The fourth-order valence-electron chi connectivity index (χ4n) is 1.52. The maximum atomic E-state index is 10.4. The second kappa shape index (κ2) is 24.3. The summed E-state index contributed by atoms with van der Waals surface area (Å²) in [6.45, 7) is 10.6. The third-order valence-corrected chi connectivity index (χ3v) is 2.85. The normalized spacial score (nSPS) is 9.76. The molecule has 0 aromatic rings. The predicted molar refractivity (Wildman–Crippen MR) is 107 cm³/mol. The van der Waals surface area contributed by atoms with Crippen molar-refractivity contribution in [2.24, 2.45) is 5.73 Å². The molecule has 4 nitrogen and oxygen atoms in total. The van der Waals surface area contributed by atoms with E-state index in [4.69, 9.17) is 0 Å². The third-order valence-electron chi connectivity index (χ3n) is 2.85. The first-order valence-electron chi connectivity index (χ1n) is 9.07. The van der Waals surface area contributed by atoms with E-state index in [0.717, 1.165) is 18.9 Å². The molecule has 144 valence electrons. The van der Waals surface area contributed by atoms with Crippen LogP contribution in [0.15, 0.2) is 37.0 Å². The van der Waals surface area contributed by atoms with Crippen LogP contribution in [-0.4, -0.2) is 17.5 Å². The minimum atomic E-state index is -0.481. The molecule has 0 unspecified atom stereocenters. The van der Waals surface area contributed by atoms with Crippen LogP contribution in [0.25, 0.3) is 0 Å². The van der Waals surface area contributed by atoms with Gasteiger partial charge in [-0.25, -0.2) is 0 Å². The summed E-state index contributed by atoms with van der Waals surface area (Å²) in [5, 5.41) is 0. The van der Waals surface area contributed by atoms with Crippen LogP contribution >= 0.6 is 0 Å². The average molecular weight is 352 g/mol.